The molecule has 1 atom stereocenters. The van der Waals surface area contributed by atoms with E-state index in [0.29, 0.717) is 5.54 Å². The molecule has 0 aliphatic carbocycles. The van der Waals surface area contributed by atoms with Crippen LogP contribution in [0.2, 0.25) is 5.54 Å². The Balaban J connectivity index is 2.32. The highest BCUT2D eigenvalue weighted by atomic mass is 35.7. The molecule has 0 saturated carbocycles. The third-order valence-corrected chi connectivity index (χ3v) is 6.80. The second-order valence-corrected chi connectivity index (χ2v) is 10.1. The van der Waals surface area contributed by atoms with Crippen molar-refractivity contribution in [2.24, 2.45) is 0 Å². The highest BCUT2D eigenvalue weighted by molar-refractivity contribution is 7.34. The van der Waals surface area contributed by atoms with Crippen molar-refractivity contribution in [3.63, 3.8) is 0 Å². The van der Waals surface area contributed by atoms with Crippen molar-refractivity contribution in [2.45, 2.75) is 57.4 Å². The van der Waals surface area contributed by atoms with Crippen molar-refractivity contribution in [3.05, 3.63) is 35.9 Å². The fourth-order valence-corrected chi connectivity index (χ4v) is 4.47. The van der Waals surface area contributed by atoms with Gasteiger partial charge in [-0.3, -0.25) is 0 Å². The summed E-state index contributed by atoms with van der Waals surface area (Å²) in [4.78, 5) is 0. The number of hydrogen-bond donors (Lipinski definition) is 0. The van der Waals surface area contributed by atoms with E-state index in [4.69, 9.17) is 22.2 Å². The van der Waals surface area contributed by atoms with Gasteiger partial charge in [0.2, 0.25) is 7.42 Å². The van der Waals surface area contributed by atoms with E-state index in [1.807, 2.05) is 0 Å². The van der Waals surface area contributed by atoms with E-state index in [2.05, 4.69) is 37.3 Å². The first-order valence-electron chi connectivity index (χ1n) is 7.06. The van der Waals surface area contributed by atoms with Gasteiger partial charge in [0.15, 0.2) is 0 Å². The van der Waals surface area contributed by atoms with E-state index >= 15 is 0 Å². The van der Waals surface area contributed by atoms with Gasteiger partial charge in [0.1, 0.15) is 0 Å². The molecule has 0 spiro atoms. The predicted octanol–water partition coefficient (Wildman–Crippen LogP) is 5.66. The molecule has 1 aromatic carbocycles. The Morgan fingerprint density at radius 1 is 1.00 bits per heavy atom. The molecule has 3 heteroatoms. The molecule has 1 aromatic rings. The largest absolute Gasteiger partial charge is 0.240 e. The van der Waals surface area contributed by atoms with Crippen LogP contribution in [0.1, 0.15) is 51.0 Å². The molecule has 0 heterocycles. The van der Waals surface area contributed by atoms with Crippen LogP contribution >= 0.6 is 22.2 Å². The zero-order valence-corrected chi connectivity index (χ0v) is 13.9. The molecular weight excluding hydrogens is 279 g/mol. The topological polar surface area (TPSA) is 0 Å². The number of benzene rings is 1. The molecule has 0 fully saturated rings. The lowest BCUT2D eigenvalue weighted by molar-refractivity contribution is 0.587. The third kappa shape index (κ3) is 6.82. The summed E-state index contributed by atoms with van der Waals surface area (Å²) < 4.78 is 0. The van der Waals surface area contributed by atoms with Crippen LogP contribution in [0.15, 0.2) is 30.3 Å². The zero-order valence-electron chi connectivity index (χ0n) is 11.2. The second kappa shape index (κ2) is 9.88. The quantitative estimate of drug-likeness (QED) is 0.314. The van der Waals surface area contributed by atoms with Gasteiger partial charge in [0.25, 0.3) is 0 Å². The first-order valence-corrected chi connectivity index (χ1v) is 11.2. The van der Waals surface area contributed by atoms with Gasteiger partial charge in [-0.05, 0) is 17.5 Å². The van der Waals surface area contributed by atoms with Gasteiger partial charge in [-0.1, -0.05) is 75.8 Å². The molecule has 0 aliphatic rings. The normalized spacial score (nSPS) is 12.9. The van der Waals surface area contributed by atoms with E-state index in [9.17, 15) is 0 Å². The molecule has 0 saturated heterocycles. The number of rotatable bonds is 9. The average molecular weight is 303 g/mol. The summed E-state index contributed by atoms with van der Waals surface area (Å²) in [6, 6.07) is 10.6. The fourth-order valence-electron chi connectivity index (χ4n) is 2.24. The summed E-state index contributed by atoms with van der Waals surface area (Å²) in [5.74, 6) is 0. The van der Waals surface area contributed by atoms with Crippen LogP contribution in [0, 0.1) is 0 Å². The Labute approximate surface area is 123 Å². The lowest BCUT2D eigenvalue weighted by Crippen LogP contribution is -2.10. The summed E-state index contributed by atoms with van der Waals surface area (Å²) in [6.07, 6.45) is 8.86. The molecule has 0 nitrogen and oxygen atoms in total. The molecule has 1 rings (SSSR count). The van der Waals surface area contributed by atoms with Crippen molar-refractivity contribution in [1.29, 1.82) is 0 Å². The maximum Gasteiger partial charge on any atom is 0.240 e. The Morgan fingerprint density at radius 3 is 2.28 bits per heavy atom. The average Bonchev–Trinajstić information content (AvgIpc) is 2.38. The van der Waals surface area contributed by atoms with E-state index in [0.717, 1.165) is 6.42 Å². The van der Waals surface area contributed by atoms with Crippen molar-refractivity contribution in [2.75, 3.05) is 0 Å². The zero-order chi connectivity index (χ0) is 13.2. The molecule has 0 bridgehead atoms. The van der Waals surface area contributed by atoms with Gasteiger partial charge in [-0.15, -0.1) is 0 Å². The van der Waals surface area contributed by atoms with E-state index < -0.39 is 7.42 Å². The van der Waals surface area contributed by atoms with E-state index in [1.165, 1.54) is 44.1 Å². The van der Waals surface area contributed by atoms with Gasteiger partial charge in [-0.2, -0.15) is 22.2 Å². The minimum Gasteiger partial charge on any atom is -0.150 e. The summed E-state index contributed by atoms with van der Waals surface area (Å²) in [7, 11) is -1.57. The van der Waals surface area contributed by atoms with E-state index in [1.54, 1.807) is 0 Å². The highest BCUT2D eigenvalue weighted by Crippen LogP contribution is 2.28. The Morgan fingerprint density at radius 2 is 1.67 bits per heavy atom. The summed E-state index contributed by atoms with van der Waals surface area (Å²) in [5.41, 5.74) is 1.90. The Hall–Kier alpha value is 0.0169. The van der Waals surface area contributed by atoms with Crippen molar-refractivity contribution in [3.8, 4) is 0 Å². The molecular formula is C15H24Cl2Si. The SMILES string of the molecule is CCCCCCCC(Cc1ccccc1)[SiH](Cl)Cl. The molecule has 0 aromatic heterocycles. The van der Waals surface area contributed by atoms with Crippen LogP contribution in [0.4, 0.5) is 0 Å². The minimum atomic E-state index is -1.57. The molecule has 0 aliphatic heterocycles. The van der Waals surface area contributed by atoms with Crippen LogP contribution in [-0.4, -0.2) is 7.42 Å². The van der Waals surface area contributed by atoms with Crippen LogP contribution < -0.4 is 0 Å². The second-order valence-electron chi connectivity index (χ2n) is 4.99. The standard InChI is InChI=1S/C15H24Cl2Si/c1-2-3-4-5-9-12-15(18(16)17)13-14-10-7-6-8-11-14/h6-8,10-11,15,18H,2-5,9,12-13H2,1H3. The fraction of sp³-hybridized carbons (Fsp3) is 0.600. The summed E-state index contributed by atoms with van der Waals surface area (Å²) >= 11 is 12.5. The number of hydrogen-bond acceptors (Lipinski definition) is 0. The smallest absolute Gasteiger partial charge is 0.150 e. The minimum absolute atomic E-state index is 0.525. The van der Waals surface area contributed by atoms with Gasteiger partial charge in [0, 0.05) is 0 Å². The van der Waals surface area contributed by atoms with Crippen molar-refractivity contribution >= 4 is 29.6 Å². The lowest BCUT2D eigenvalue weighted by atomic mass is 10.0. The first-order chi connectivity index (χ1) is 8.74. The number of unbranched alkanes of at least 4 members (excludes halogenated alkanes) is 4. The maximum absolute atomic E-state index is 6.24. The van der Waals surface area contributed by atoms with Gasteiger partial charge in [-0.25, -0.2) is 0 Å². The van der Waals surface area contributed by atoms with Crippen LogP contribution in [0.5, 0.6) is 0 Å². The summed E-state index contributed by atoms with van der Waals surface area (Å²) in [5, 5.41) is 0. The van der Waals surface area contributed by atoms with Gasteiger partial charge in [0.05, 0.1) is 0 Å². The maximum atomic E-state index is 6.24. The third-order valence-electron chi connectivity index (χ3n) is 3.38. The summed E-state index contributed by atoms with van der Waals surface area (Å²) in [6.45, 7) is 2.25. The molecule has 1 unspecified atom stereocenters. The highest BCUT2D eigenvalue weighted by Gasteiger charge is 2.19. The molecule has 18 heavy (non-hydrogen) atoms. The van der Waals surface area contributed by atoms with Crippen molar-refractivity contribution in [1.82, 2.24) is 0 Å². The predicted molar refractivity (Wildman–Crippen MR) is 86.1 cm³/mol. The molecule has 102 valence electrons. The lowest BCUT2D eigenvalue weighted by Gasteiger charge is -2.16. The van der Waals surface area contributed by atoms with Gasteiger partial charge >= 0.3 is 0 Å². The number of halogens is 2. The van der Waals surface area contributed by atoms with Crippen LogP contribution in [0.25, 0.3) is 0 Å². The van der Waals surface area contributed by atoms with Crippen LogP contribution in [0.3, 0.4) is 0 Å². The first kappa shape index (κ1) is 16.1. The molecule has 0 radical (unpaired) electrons. The van der Waals surface area contributed by atoms with Crippen molar-refractivity contribution < 1.29 is 0 Å². The molecule has 0 N–H and O–H groups in total. The Bertz CT molecular complexity index is 301. The van der Waals surface area contributed by atoms with Gasteiger partial charge < -0.3 is 0 Å². The van der Waals surface area contributed by atoms with Crippen LogP contribution in [-0.2, 0) is 6.42 Å². The Kier molecular flexibility index (Phi) is 8.82. The van der Waals surface area contributed by atoms with E-state index in [-0.39, 0.29) is 0 Å². The monoisotopic (exact) mass is 302 g/mol. The molecule has 0 amide bonds.